The second-order valence-electron chi connectivity index (χ2n) is 3.87. The van der Waals surface area contributed by atoms with E-state index in [2.05, 4.69) is 5.32 Å². The van der Waals surface area contributed by atoms with Gasteiger partial charge >= 0.3 is 0 Å². The van der Waals surface area contributed by atoms with Gasteiger partial charge in [-0.05, 0) is 24.6 Å². The van der Waals surface area contributed by atoms with Gasteiger partial charge in [-0.15, -0.1) is 0 Å². The summed E-state index contributed by atoms with van der Waals surface area (Å²) >= 11 is 11.7. The Morgan fingerprint density at radius 2 is 2.12 bits per heavy atom. The van der Waals surface area contributed by atoms with Gasteiger partial charge in [-0.1, -0.05) is 23.2 Å². The molecule has 0 spiro atoms. The van der Waals surface area contributed by atoms with Gasteiger partial charge in [0.25, 0.3) is 0 Å². The Hall–Kier alpha value is -0.930. The molecule has 1 aliphatic heterocycles. The molecule has 1 atom stereocenters. The summed E-state index contributed by atoms with van der Waals surface area (Å²) in [4.78, 5) is 13.4. The number of rotatable bonds is 2. The van der Waals surface area contributed by atoms with Gasteiger partial charge in [0.15, 0.2) is 0 Å². The molecule has 0 bridgehead atoms. The molecule has 86 valence electrons. The summed E-state index contributed by atoms with van der Waals surface area (Å²) < 4.78 is 0. The molecule has 5 heteroatoms. The van der Waals surface area contributed by atoms with Gasteiger partial charge in [0, 0.05) is 19.3 Å². The molecular weight excluding hydrogens is 247 g/mol. The van der Waals surface area contributed by atoms with Crippen LogP contribution in [0, 0.1) is 0 Å². The van der Waals surface area contributed by atoms with Crippen molar-refractivity contribution >= 4 is 34.8 Å². The highest BCUT2D eigenvalue weighted by atomic mass is 35.5. The first-order chi connectivity index (χ1) is 7.58. The third-order valence-electron chi connectivity index (χ3n) is 2.69. The molecule has 1 fully saturated rings. The highest BCUT2D eigenvalue weighted by Gasteiger charge is 2.28. The van der Waals surface area contributed by atoms with Gasteiger partial charge in [0.2, 0.25) is 5.91 Å². The Labute approximate surface area is 104 Å². The van der Waals surface area contributed by atoms with Gasteiger partial charge < -0.3 is 10.2 Å². The zero-order valence-corrected chi connectivity index (χ0v) is 10.3. The fourth-order valence-corrected chi connectivity index (χ4v) is 2.04. The number of hydrogen-bond acceptors (Lipinski definition) is 2. The van der Waals surface area contributed by atoms with E-state index in [4.69, 9.17) is 23.2 Å². The second kappa shape index (κ2) is 4.52. The van der Waals surface area contributed by atoms with Crippen LogP contribution in [0.25, 0.3) is 0 Å². The molecule has 16 heavy (non-hydrogen) atoms. The van der Waals surface area contributed by atoms with Crippen molar-refractivity contribution in [3.8, 4) is 0 Å². The first-order valence-corrected chi connectivity index (χ1v) is 5.80. The lowest BCUT2D eigenvalue weighted by atomic mass is 10.2. The molecule has 1 aliphatic rings. The molecule has 0 aromatic heterocycles. The van der Waals surface area contributed by atoms with Crippen molar-refractivity contribution in [2.24, 2.45) is 0 Å². The Morgan fingerprint density at radius 3 is 2.69 bits per heavy atom. The maximum atomic E-state index is 11.7. The van der Waals surface area contributed by atoms with Crippen LogP contribution in [0.5, 0.6) is 0 Å². The van der Waals surface area contributed by atoms with Gasteiger partial charge in [0.05, 0.1) is 10.0 Å². The normalized spacial score (nSPS) is 20.3. The number of likely N-dealkylation sites (N-methyl/N-ethyl adjacent to an activating group) is 1. The number of anilines is 1. The van der Waals surface area contributed by atoms with Crippen LogP contribution < -0.4 is 5.32 Å². The van der Waals surface area contributed by atoms with Crippen molar-refractivity contribution in [2.75, 3.05) is 18.9 Å². The third kappa shape index (κ3) is 2.25. The van der Waals surface area contributed by atoms with E-state index in [1.54, 1.807) is 24.1 Å². The highest BCUT2D eigenvalue weighted by Crippen LogP contribution is 2.26. The Bertz CT molecular complexity index is 422. The summed E-state index contributed by atoms with van der Waals surface area (Å²) in [6.07, 6.45) is 0.815. The summed E-state index contributed by atoms with van der Waals surface area (Å²) in [7, 11) is 1.80. The molecule has 1 heterocycles. The van der Waals surface area contributed by atoms with Gasteiger partial charge in [-0.25, -0.2) is 0 Å². The van der Waals surface area contributed by atoms with E-state index in [1.165, 1.54) is 0 Å². The van der Waals surface area contributed by atoms with Crippen molar-refractivity contribution in [3.63, 3.8) is 0 Å². The van der Waals surface area contributed by atoms with Crippen LogP contribution in [0.1, 0.15) is 6.42 Å². The van der Waals surface area contributed by atoms with Crippen LogP contribution in [-0.4, -0.2) is 30.4 Å². The molecule has 1 N–H and O–H groups in total. The predicted octanol–water partition coefficient (Wildman–Crippen LogP) is 2.64. The van der Waals surface area contributed by atoms with Crippen molar-refractivity contribution in [3.05, 3.63) is 28.2 Å². The van der Waals surface area contributed by atoms with E-state index in [0.717, 1.165) is 18.7 Å². The fourth-order valence-electron chi connectivity index (χ4n) is 1.74. The van der Waals surface area contributed by atoms with Gasteiger partial charge in [-0.3, -0.25) is 4.79 Å². The zero-order valence-electron chi connectivity index (χ0n) is 8.84. The molecule has 1 amide bonds. The monoisotopic (exact) mass is 258 g/mol. The Balaban J connectivity index is 2.10. The number of nitrogens with one attached hydrogen (secondary N) is 1. The number of amides is 1. The summed E-state index contributed by atoms with van der Waals surface area (Å²) in [5.74, 6) is 0.117. The van der Waals surface area contributed by atoms with E-state index in [1.807, 2.05) is 6.07 Å². The van der Waals surface area contributed by atoms with E-state index >= 15 is 0 Å². The molecule has 2 rings (SSSR count). The van der Waals surface area contributed by atoms with Crippen LogP contribution in [0.3, 0.4) is 0 Å². The number of halogens is 2. The average molecular weight is 259 g/mol. The van der Waals surface area contributed by atoms with E-state index in [9.17, 15) is 4.79 Å². The number of benzene rings is 1. The largest absolute Gasteiger partial charge is 0.374 e. The molecular formula is C11H12Cl2N2O. The number of likely N-dealkylation sites (tertiary alicyclic amines) is 1. The lowest BCUT2D eigenvalue weighted by Crippen LogP contribution is -2.30. The smallest absolute Gasteiger partial charge is 0.244 e. The maximum absolute atomic E-state index is 11.7. The summed E-state index contributed by atoms with van der Waals surface area (Å²) in [5, 5.41) is 4.16. The van der Waals surface area contributed by atoms with Crippen LogP contribution in [0.2, 0.25) is 10.0 Å². The minimum atomic E-state index is -0.151. The molecule has 0 saturated carbocycles. The summed E-state index contributed by atoms with van der Waals surface area (Å²) in [6, 6.07) is 5.12. The molecule has 1 unspecified atom stereocenters. The van der Waals surface area contributed by atoms with Crippen LogP contribution in [0.15, 0.2) is 18.2 Å². The lowest BCUT2D eigenvalue weighted by molar-refractivity contribution is -0.127. The zero-order chi connectivity index (χ0) is 11.7. The van der Waals surface area contributed by atoms with E-state index in [-0.39, 0.29) is 11.9 Å². The Kier molecular flexibility index (Phi) is 3.26. The van der Waals surface area contributed by atoms with Crippen molar-refractivity contribution in [1.82, 2.24) is 4.90 Å². The van der Waals surface area contributed by atoms with E-state index < -0.39 is 0 Å². The maximum Gasteiger partial charge on any atom is 0.244 e. The molecule has 1 aromatic carbocycles. The lowest BCUT2D eigenvalue weighted by Gasteiger charge is -2.13. The highest BCUT2D eigenvalue weighted by molar-refractivity contribution is 6.42. The summed E-state index contributed by atoms with van der Waals surface area (Å²) in [6.45, 7) is 0.790. The summed E-state index contributed by atoms with van der Waals surface area (Å²) in [5.41, 5.74) is 0.822. The Morgan fingerprint density at radius 1 is 1.38 bits per heavy atom. The first kappa shape index (κ1) is 11.6. The average Bonchev–Trinajstić information content (AvgIpc) is 2.55. The number of nitrogens with zero attached hydrogens (tertiary/aromatic N) is 1. The van der Waals surface area contributed by atoms with Crippen LogP contribution in [0.4, 0.5) is 5.69 Å². The standard InChI is InChI=1S/C11H12Cl2N2O/c1-15-5-4-10(11(15)16)14-7-2-3-8(12)9(13)6-7/h2-3,6,10,14H,4-5H2,1H3. The predicted molar refractivity (Wildman–Crippen MR) is 66.1 cm³/mol. The first-order valence-electron chi connectivity index (χ1n) is 5.04. The van der Waals surface area contributed by atoms with Gasteiger partial charge in [-0.2, -0.15) is 0 Å². The SMILES string of the molecule is CN1CCC(Nc2ccc(Cl)c(Cl)c2)C1=O. The van der Waals surface area contributed by atoms with Crippen molar-refractivity contribution in [2.45, 2.75) is 12.5 Å². The van der Waals surface area contributed by atoms with Crippen LogP contribution >= 0.6 is 23.2 Å². The molecule has 1 saturated heterocycles. The van der Waals surface area contributed by atoms with Crippen molar-refractivity contribution in [1.29, 1.82) is 0 Å². The minimum Gasteiger partial charge on any atom is -0.374 e. The molecule has 3 nitrogen and oxygen atoms in total. The quantitative estimate of drug-likeness (QED) is 0.885. The minimum absolute atomic E-state index is 0.117. The number of hydrogen-bond donors (Lipinski definition) is 1. The number of carbonyl (C=O) groups excluding carboxylic acids is 1. The second-order valence-corrected chi connectivity index (χ2v) is 4.69. The van der Waals surface area contributed by atoms with Crippen molar-refractivity contribution < 1.29 is 4.79 Å². The van der Waals surface area contributed by atoms with Gasteiger partial charge in [0.1, 0.15) is 6.04 Å². The molecule has 0 radical (unpaired) electrons. The topological polar surface area (TPSA) is 32.3 Å². The van der Waals surface area contributed by atoms with Crippen LogP contribution in [-0.2, 0) is 4.79 Å². The molecule has 1 aromatic rings. The third-order valence-corrected chi connectivity index (χ3v) is 3.43. The van der Waals surface area contributed by atoms with E-state index in [0.29, 0.717) is 10.0 Å². The molecule has 0 aliphatic carbocycles. The number of carbonyl (C=O) groups is 1. The fraction of sp³-hybridized carbons (Fsp3) is 0.364.